The highest BCUT2D eigenvalue weighted by molar-refractivity contribution is 5.70. The number of nitrogens with one attached hydrogen (secondary N) is 2. The van der Waals surface area contributed by atoms with Gasteiger partial charge in [0, 0.05) is 11.1 Å². The standard InChI is InChI=1S/C11H20N2O2/c1-9(2,3)15-8(14)13-11-5-10(6-11,7-11)12-4/h12H,5-7H2,1-4H3,(H,13,14). The van der Waals surface area contributed by atoms with E-state index in [-0.39, 0.29) is 11.6 Å². The smallest absolute Gasteiger partial charge is 0.408 e. The molecule has 2 N–H and O–H groups in total. The van der Waals surface area contributed by atoms with Crippen LogP contribution in [0.4, 0.5) is 4.79 Å². The summed E-state index contributed by atoms with van der Waals surface area (Å²) in [4.78, 5) is 11.5. The Morgan fingerprint density at radius 1 is 1.20 bits per heavy atom. The van der Waals surface area contributed by atoms with Crippen LogP contribution in [0.15, 0.2) is 0 Å². The highest BCUT2D eigenvalue weighted by Crippen LogP contribution is 2.60. The van der Waals surface area contributed by atoms with E-state index in [0.717, 1.165) is 19.3 Å². The summed E-state index contributed by atoms with van der Waals surface area (Å²) in [5.74, 6) is 0. The Kier molecular flexibility index (Phi) is 2.06. The van der Waals surface area contributed by atoms with Gasteiger partial charge >= 0.3 is 6.09 Å². The second kappa shape index (κ2) is 2.88. The van der Waals surface area contributed by atoms with Crippen LogP contribution in [0.3, 0.4) is 0 Å². The number of rotatable bonds is 2. The fourth-order valence-corrected chi connectivity index (χ4v) is 2.71. The third-order valence-corrected chi connectivity index (χ3v) is 3.33. The Hall–Kier alpha value is -0.770. The Morgan fingerprint density at radius 3 is 2.13 bits per heavy atom. The Bertz CT molecular complexity index is 274. The van der Waals surface area contributed by atoms with Crippen LogP contribution in [0, 0.1) is 0 Å². The van der Waals surface area contributed by atoms with Gasteiger partial charge in [0.15, 0.2) is 0 Å². The van der Waals surface area contributed by atoms with Crippen LogP contribution < -0.4 is 10.6 Å². The van der Waals surface area contributed by atoms with Gasteiger partial charge in [-0.25, -0.2) is 4.79 Å². The fraction of sp³-hybridized carbons (Fsp3) is 0.909. The maximum absolute atomic E-state index is 11.5. The molecule has 86 valence electrons. The van der Waals surface area contributed by atoms with Gasteiger partial charge in [0.2, 0.25) is 0 Å². The lowest BCUT2D eigenvalue weighted by Gasteiger charge is -2.70. The van der Waals surface area contributed by atoms with Gasteiger partial charge in [0.1, 0.15) is 5.60 Å². The van der Waals surface area contributed by atoms with Crippen molar-refractivity contribution in [2.45, 2.75) is 56.7 Å². The van der Waals surface area contributed by atoms with Gasteiger partial charge in [-0.15, -0.1) is 0 Å². The predicted molar refractivity (Wildman–Crippen MR) is 57.7 cm³/mol. The molecule has 15 heavy (non-hydrogen) atoms. The van der Waals surface area contributed by atoms with E-state index in [1.807, 2.05) is 27.8 Å². The van der Waals surface area contributed by atoms with Crippen LogP contribution in [-0.4, -0.2) is 29.8 Å². The fourth-order valence-electron chi connectivity index (χ4n) is 2.71. The SMILES string of the molecule is CNC12CC(NC(=O)OC(C)(C)C)(C1)C2. The van der Waals surface area contributed by atoms with Crippen molar-refractivity contribution in [1.82, 2.24) is 10.6 Å². The van der Waals surface area contributed by atoms with Gasteiger partial charge in [0.05, 0.1) is 0 Å². The molecule has 0 spiro atoms. The summed E-state index contributed by atoms with van der Waals surface area (Å²) >= 11 is 0. The average molecular weight is 212 g/mol. The summed E-state index contributed by atoms with van der Waals surface area (Å²) in [6, 6.07) is 0. The molecule has 3 saturated carbocycles. The minimum atomic E-state index is -0.408. The molecular formula is C11H20N2O2. The molecule has 0 aromatic carbocycles. The Balaban J connectivity index is 1.79. The Morgan fingerprint density at radius 2 is 1.73 bits per heavy atom. The number of amides is 1. The maximum atomic E-state index is 11.5. The number of hydrogen-bond acceptors (Lipinski definition) is 3. The average Bonchev–Trinajstić information content (AvgIpc) is 1.89. The van der Waals surface area contributed by atoms with E-state index >= 15 is 0 Å². The molecule has 4 nitrogen and oxygen atoms in total. The summed E-state index contributed by atoms with van der Waals surface area (Å²) in [5, 5.41) is 6.27. The first-order valence-electron chi connectivity index (χ1n) is 5.48. The van der Waals surface area contributed by atoms with E-state index < -0.39 is 5.60 Å². The molecule has 3 fully saturated rings. The molecule has 3 aliphatic rings. The monoisotopic (exact) mass is 212 g/mol. The summed E-state index contributed by atoms with van der Waals surface area (Å²) in [5.41, 5.74) is -0.0608. The van der Waals surface area contributed by atoms with E-state index in [1.165, 1.54) is 0 Å². The third kappa shape index (κ3) is 1.83. The van der Waals surface area contributed by atoms with Crippen LogP contribution in [0.25, 0.3) is 0 Å². The molecule has 3 aliphatic carbocycles. The number of carbonyl (C=O) groups excluding carboxylic acids is 1. The molecule has 0 aromatic heterocycles. The molecule has 0 atom stereocenters. The number of carbonyl (C=O) groups is 1. The molecule has 0 heterocycles. The lowest BCUT2D eigenvalue weighted by molar-refractivity contribution is -0.0994. The van der Waals surface area contributed by atoms with E-state index in [0.29, 0.717) is 5.54 Å². The normalized spacial score (nSPS) is 37.6. The number of ether oxygens (including phenoxy) is 1. The third-order valence-electron chi connectivity index (χ3n) is 3.33. The second-order valence-corrected chi connectivity index (χ2v) is 5.97. The highest BCUT2D eigenvalue weighted by atomic mass is 16.6. The molecule has 0 unspecified atom stereocenters. The van der Waals surface area contributed by atoms with E-state index in [2.05, 4.69) is 10.6 Å². The van der Waals surface area contributed by atoms with Gasteiger partial charge in [0.25, 0.3) is 0 Å². The minimum Gasteiger partial charge on any atom is -0.444 e. The van der Waals surface area contributed by atoms with E-state index in [1.54, 1.807) is 0 Å². The van der Waals surface area contributed by atoms with Gasteiger partial charge in [-0.2, -0.15) is 0 Å². The van der Waals surface area contributed by atoms with Crippen molar-refractivity contribution < 1.29 is 9.53 Å². The molecule has 0 radical (unpaired) electrons. The zero-order chi connectivity index (χ0) is 11.3. The van der Waals surface area contributed by atoms with Crippen molar-refractivity contribution >= 4 is 6.09 Å². The van der Waals surface area contributed by atoms with Gasteiger partial charge in [-0.3, -0.25) is 0 Å². The van der Waals surface area contributed by atoms with Crippen molar-refractivity contribution in [1.29, 1.82) is 0 Å². The molecule has 4 heteroatoms. The maximum Gasteiger partial charge on any atom is 0.408 e. The molecular weight excluding hydrogens is 192 g/mol. The largest absolute Gasteiger partial charge is 0.444 e. The molecule has 1 amide bonds. The van der Waals surface area contributed by atoms with Gasteiger partial charge < -0.3 is 15.4 Å². The lowest BCUT2D eigenvalue weighted by Crippen LogP contribution is -2.82. The van der Waals surface area contributed by atoms with E-state index in [4.69, 9.17) is 4.74 Å². The first kappa shape index (κ1) is 10.7. The Labute approximate surface area is 90.8 Å². The van der Waals surface area contributed by atoms with Gasteiger partial charge in [-0.1, -0.05) is 0 Å². The van der Waals surface area contributed by atoms with Crippen LogP contribution in [-0.2, 0) is 4.74 Å². The predicted octanol–water partition coefficient (Wildman–Crippen LogP) is 1.41. The summed E-state index contributed by atoms with van der Waals surface area (Å²) < 4.78 is 5.23. The molecule has 3 rings (SSSR count). The second-order valence-electron chi connectivity index (χ2n) is 5.97. The number of alkyl carbamates (subject to hydrolysis) is 1. The summed E-state index contributed by atoms with van der Waals surface area (Å²) in [6.07, 6.45) is 2.83. The van der Waals surface area contributed by atoms with Crippen molar-refractivity contribution in [2.24, 2.45) is 0 Å². The van der Waals surface area contributed by atoms with E-state index in [9.17, 15) is 4.79 Å². The quantitative estimate of drug-likeness (QED) is 0.727. The summed E-state index contributed by atoms with van der Waals surface area (Å²) in [6.45, 7) is 5.64. The summed E-state index contributed by atoms with van der Waals surface area (Å²) in [7, 11) is 1.98. The van der Waals surface area contributed by atoms with Crippen molar-refractivity contribution in [3.05, 3.63) is 0 Å². The van der Waals surface area contributed by atoms with Crippen LogP contribution >= 0.6 is 0 Å². The first-order valence-corrected chi connectivity index (χ1v) is 5.48. The van der Waals surface area contributed by atoms with Crippen molar-refractivity contribution in [2.75, 3.05) is 7.05 Å². The minimum absolute atomic E-state index is 0.0331. The molecule has 0 saturated heterocycles. The van der Waals surface area contributed by atoms with Crippen LogP contribution in [0.5, 0.6) is 0 Å². The highest BCUT2D eigenvalue weighted by Gasteiger charge is 2.68. The zero-order valence-corrected chi connectivity index (χ0v) is 9.94. The van der Waals surface area contributed by atoms with Crippen molar-refractivity contribution in [3.8, 4) is 0 Å². The van der Waals surface area contributed by atoms with Gasteiger partial charge in [-0.05, 0) is 47.1 Å². The first-order chi connectivity index (χ1) is 6.78. The van der Waals surface area contributed by atoms with Crippen molar-refractivity contribution in [3.63, 3.8) is 0 Å². The lowest BCUT2D eigenvalue weighted by atomic mass is 9.44. The van der Waals surface area contributed by atoms with Crippen LogP contribution in [0.1, 0.15) is 40.0 Å². The zero-order valence-electron chi connectivity index (χ0n) is 9.94. The number of hydrogen-bond donors (Lipinski definition) is 2. The molecule has 2 bridgehead atoms. The van der Waals surface area contributed by atoms with Crippen LogP contribution in [0.2, 0.25) is 0 Å². The topological polar surface area (TPSA) is 50.4 Å². The molecule has 0 aliphatic heterocycles. The molecule has 0 aromatic rings.